The van der Waals surface area contributed by atoms with E-state index in [-0.39, 0.29) is 25.9 Å². The van der Waals surface area contributed by atoms with Crippen molar-refractivity contribution in [2.45, 2.75) is 251 Å². The zero-order valence-corrected chi connectivity index (χ0v) is 43.1. The fourth-order valence-corrected chi connectivity index (χ4v) is 8.01. The minimum Gasteiger partial charge on any atom is -0.462 e. The lowest BCUT2D eigenvalue weighted by Crippen LogP contribution is -2.30. The highest BCUT2D eigenvalue weighted by Gasteiger charge is 2.28. The van der Waals surface area contributed by atoms with Gasteiger partial charge in [0.1, 0.15) is 12.7 Å². The van der Waals surface area contributed by atoms with Crippen LogP contribution in [0.25, 0.3) is 0 Å². The number of allylic oxidation sites excluding steroid dienone is 8. The van der Waals surface area contributed by atoms with Crippen LogP contribution in [0, 0.1) is 0 Å². The van der Waals surface area contributed by atoms with E-state index in [0.717, 1.165) is 77.0 Å². The molecule has 0 aromatic carbocycles. The Labute approximate surface area is 403 Å². The molecule has 0 saturated carbocycles. The SMILES string of the molecule is CC/C=C\C/C=C\C/C=C\C/C=C\CCCCC(=O)OC(COC(=O)CCCCCCCCCCCCCCCCC)COP(=O)(O)OCC(CO)OC(=O)CCCCCCCCCCC. The number of rotatable bonds is 49. The van der Waals surface area contributed by atoms with Crippen LogP contribution in [-0.4, -0.2) is 66.5 Å². The molecular formula is C54H97O11P. The molecule has 0 fully saturated rings. The molecule has 66 heavy (non-hydrogen) atoms. The Hall–Kier alpha value is -2.56. The predicted molar refractivity (Wildman–Crippen MR) is 270 cm³/mol. The fraction of sp³-hybridized carbons (Fsp3) is 0.796. The maximum atomic E-state index is 12.8. The van der Waals surface area contributed by atoms with Gasteiger partial charge in [0.15, 0.2) is 6.10 Å². The Morgan fingerprint density at radius 1 is 0.439 bits per heavy atom. The van der Waals surface area contributed by atoms with E-state index in [1.165, 1.54) is 103 Å². The molecule has 0 heterocycles. The van der Waals surface area contributed by atoms with Crippen molar-refractivity contribution in [3.05, 3.63) is 48.6 Å². The highest BCUT2D eigenvalue weighted by atomic mass is 31.2. The highest BCUT2D eigenvalue weighted by Crippen LogP contribution is 2.43. The summed E-state index contributed by atoms with van der Waals surface area (Å²) < 4.78 is 39.3. The Morgan fingerprint density at radius 3 is 1.21 bits per heavy atom. The van der Waals surface area contributed by atoms with Crippen LogP contribution in [0.15, 0.2) is 48.6 Å². The molecule has 0 saturated heterocycles. The van der Waals surface area contributed by atoms with Crippen LogP contribution in [0.5, 0.6) is 0 Å². The molecule has 11 nitrogen and oxygen atoms in total. The lowest BCUT2D eigenvalue weighted by Gasteiger charge is -2.21. The summed E-state index contributed by atoms with van der Waals surface area (Å²) in [6.45, 7) is 4.47. The third-order valence-corrected chi connectivity index (χ3v) is 12.2. The summed E-state index contributed by atoms with van der Waals surface area (Å²) in [4.78, 5) is 48.2. The average molecular weight is 953 g/mol. The second-order valence-corrected chi connectivity index (χ2v) is 19.1. The van der Waals surface area contributed by atoms with Gasteiger partial charge in [0.05, 0.1) is 19.8 Å². The molecule has 3 atom stereocenters. The number of phosphoric ester groups is 1. The summed E-state index contributed by atoms with van der Waals surface area (Å²) in [5.74, 6) is -1.51. The molecule has 384 valence electrons. The largest absolute Gasteiger partial charge is 0.472 e. The molecule has 0 aliphatic rings. The minimum atomic E-state index is -4.74. The van der Waals surface area contributed by atoms with E-state index >= 15 is 0 Å². The number of ether oxygens (including phenoxy) is 3. The number of carbonyl (C=O) groups excluding carboxylic acids is 3. The summed E-state index contributed by atoms with van der Waals surface area (Å²) in [6.07, 6.45) is 49.5. The molecule has 0 aliphatic carbocycles. The first-order valence-corrected chi connectivity index (χ1v) is 28.0. The van der Waals surface area contributed by atoms with E-state index in [0.29, 0.717) is 19.3 Å². The topological polar surface area (TPSA) is 155 Å². The van der Waals surface area contributed by atoms with Crippen molar-refractivity contribution in [1.82, 2.24) is 0 Å². The first kappa shape index (κ1) is 63.4. The Kier molecular flexibility index (Phi) is 47.0. The number of unbranched alkanes of at least 4 members (excludes halogenated alkanes) is 24. The van der Waals surface area contributed by atoms with Gasteiger partial charge in [-0.15, -0.1) is 0 Å². The van der Waals surface area contributed by atoms with Crippen molar-refractivity contribution in [2.75, 3.05) is 26.4 Å². The smallest absolute Gasteiger partial charge is 0.462 e. The van der Waals surface area contributed by atoms with Gasteiger partial charge < -0.3 is 24.2 Å². The van der Waals surface area contributed by atoms with Crippen LogP contribution >= 0.6 is 7.82 Å². The van der Waals surface area contributed by atoms with E-state index in [1.54, 1.807) is 0 Å². The molecule has 12 heteroatoms. The normalized spacial score (nSPS) is 13.8. The number of esters is 3. The van der Waals surface area contributed by atoms with Gasteiger partial charge in [-0.05, 0) is 57.8 Å². The summed E-state index contributed by atoms with van der Waals surface area (Å²) >= 11 is 0. The molecule has 0 aromatic heterocycles. The number of hydrogen-bond donors (Lipinski definition) is 2. The number of aliphatic hydroxyl groups excluding tert-OH is 1. The Morgan fingerprint density at radius 2 is 0.788 bits per heavy atom. The zero-order chi connectivity index (χ0) is 48.4. The van der Waals surface area contributed by atoms with Gasteiger partial charge in [0.25, 0.3) is 0 Å². The number of hydrogen-bond acceptors (Lipinski definition) is 10. The number of carbonyl (C=O) groups is 3. The van der Waals surface area contributed by atoms with Gasteiger partial charge in [-0.1, -0.05) is 211 Å². The molecule has 0 bridgehead atoms. The third-order valence-electron chi connectivity index (χ3n) is 11.3. The van der Waals surface area contributed by atoms with Crippen molar-refractivity contribution in [1.29, 1.82) is 0 Å². The van der Waals surface area contributed by atoms with Crippen molar-refractivity contribution in [3.8, 4) is 0 Å². The molecule has 0 rings (SSSR count). The van der Waals surface area contributed by atoms with Gasteiger partial charge in [-0.2, -0.15) is 0 Å². The van der Waals surface area contributed by atoms with Gasteiger partial charge in [0, 0.05) is 19.3 Å². The maximum Gasteiger partial charge on any atom is 0.472 e. The molecule has 2 N–H and O–H groups in total. The predicted octanol–water partition coefficient (Wildman–Crippen LogP) is 15.0. The highest BCUT2D eigenvalue weighted by molar-refractivity contribution is 7.47. The summed E-state index contributed by atoms with van der Waals surface area (Å²) in [5, 5.41) is 9.74. The van der Waals surface area contributed by atoms with Crippen molar-refractivity contribution in [2.24, 2.45) is 0 Å². The van der Waals surface area contributed by atoms with Gasteiger partial charge in [-0.25, -0.2) is 4.57 Å². The minimum absolute atomic E-state index is 0.118. The van der Waals surface area contributed by atoms with Crippen LogP contribution < -0.4 is 0 Å². The number of aliphatic hydroxyl groups is 1. The van der Waals surface area contributed by atoms with Gasteiger partial charge in [-0.3, -0.25) is 23.4 Å². The van der Waals surface area contributed by atoms with Gasteiger partial charge in [0.2, 0.25) is 0 Å². The quantitative estimate of drug-likeness (QED) is 0.0197. The first-order valence-electron chi connectivity index (χ1n) is 26.5. The maximum absolute atomic E-state index is 12.8. The molecule has 0 aromatic rings. The first-order chi connectivity index (χ1) is 32.2. The molecule has 3 unspecified atom stereocenters. The van der Waals surface area contributed by atoms with Crippen molar-refractivity contribution >= 4 is 25.7 Å². The molecule has 0 amide bonds. The lowest BCUT2D eigenvalue weighted by atomic mass is 10.0. The van der Waals surface area contributed by atoms with Crippen LogP contribution in [0.1, 0.15) is 239 Å². The van der Waals surface area contributed by atoms with Gasteiger partial charge >= 0.3 is 25.7 Å². The van der Waals surface area contributed by atoms with E-state index in [4.69, 9.17) is 23.3 Å². The summed E-state index contributed by atoms with van der Waals surface area (Å²) in [5.41, 5.74) is 0. The molecule has 0 aliphatic heterocycles. The fourth-order valence-electron chi connectivity index (χ4n) is 7.23. The van der Waals surface area contributed by atoms with E-state index in [1.807, 2.05) is 0 Å². The van der Waals surface area contributed by atoms with E-state index in [9.17, 15) is 28.9 Å². The van der Waals surface area contributed by atoms with E-state index in [2.05, 4.69) is 69.4 Å². The van der Waals surface area contributed by atoms with Crippen LogP contribution in [-0.2, 0) is 42.2 Å². The van der Waals surface area contributed by atoms with Crippen LogP contribution in [0.3, 0.4) is 0 Å². The molecular weight excluding hydrogens is 856 g/mol. The van der Waals surface area contributed by atoms with Crippen LogP contribution in [0.2, 0.25) is 0 Å². The summed E-state index contributed by atoms with van der Waals surface area (Å²) in [7, 11) is -4.74. The second-order valence-electron chi connectivity index (χ2n) is 17.7. The Balaban J connectivity index is 4.78. The standard InChI is InChI=1S/C54H97O11P/c1-4-7-10-13-16-19-21-23-25-27-29-32-34-37-40-43-52(56)61-47-51(65-54(58)45-42-39-36-33-30-28-26-24-22-20-17-14-11-8-5-2)49-63-66(59,60)62-48-50(46-55)64-53(57)44-41-38-35-31-18-15-12-9-6-3/h8,11,17,20,24,26,30,33,50-51,55H,4-7,9-10,12-16,18-19,21-23,25,27-29,31-32,34-49H2,1-3H3,(H,59,60)/b11-8-,20-17-,26-24-,33-30-. The molecule has 0 spiro atoms. The van der Waals surface area contributed by atoms with Crippen molar-refractivity contribution < 1.29 is 52.2 Å². The number of phosphoric acid groups is 1. The average Bonchev–Trinajstić information content (AvgIpc) is 3.30. The zero-order valence-electron chi connectivity index (χ0n) is 42.2. The van der Waals surface area contributed by atoms with Crippen LogP contribution in [0.4, 0.5) is 0 Å². The second kappa shape index (κ2) is 48.9. The Bertz CT molecular complexity index is 1300. The third kappa shape index (κ3) is 46.5. The monoisotopic (exact) mass is 953 g/mol. The van der Waals surface area contributed by atoms with E-state index < -0.39 is 57.8 Å². The summed E-state index contributed by atoms with van der Waals surface area (Å²) in [6, 6.07) is 0. The molecule has 0 radical (unpaired) electrons. The van der Waals surface area contributed by atoms with Crippen molar-refractivity contribution in [3.63, 3.8) is 0 Å². The lowest BCUT2D eigenvalue weighted by molar-refractivity contribution is -0.161.